The van der Waals surface area contributed by atoms with E-state index in [1.54, 1.807) is 6.92 Å². The molecule has 0 saturated carbocycles. The molecule has 0 radical (unpaired) electrons. The summed E-state index contributed by atoms with van der Waals surface area (Å²) >= 11 is 0. The molecule has 0 aromatic rings. The normalized spacial score (nSPS) is 9.64. The molecule has 0 amide bonds. The average Bonchev–Trinajstić information content (AvgIpc) is 1.61. The van der Waals surface area contributed by atoms with E-state index < -0.39 is 9.05 Å². The number of aliphatic hydroxyl groups is 1. The van der Waals surface area contributed by atoms with Gasteiger partial charge in [-0.2, -0.15) is 0 Å². The first kappa shape index (κ1) is 36.1. The minimum absolute atomic E-state index is 0. The van der Waals surface area contributed by atoms with Gasteiger partial charge >= 0.3 is 118 Å². The monoisotopic (exact) mass is 258 g/mol. The van der Waals surface area contributed by atoms with Crippen LogP contribution in [0.1, 0.15) is 20.3 Å². The topological polar surface area (TPSA) is 112 Å². The van der Waals surface area contributed by atoms with Crippen LogP contribution in [0.15, 0.2) is 0 Å². The molecule has 0 aliphatic carbocycles. The van der Waals surface area contributed by atoms with E-state index in [-0.39, 0.29) is 124 Å². The number of hydrogen-bond donors (Lipinski definition) is 1. The van der Waals surface area contributed by atoms with Crippen molar-refractivity contribution < 1.29 is 143 Å². The molecule has 0 bridgehead atoms. The molecule has 10 heteroatoms. The van der Waals surface area contributed by atoms with Gasteiger partial charge in [-0.3, -0.25) is 0 Å². The van der Waals surface area contributed by atoms with Gasteiger partial charge in [-0.1, -0.05) is 6.92 Å². The summed E-state index contributed by atoms with van der Waals surface area (Å²) in [4.78, 5) is 34.3. The molecule has 0 heterocycles. The van der Waals surface area contributed by atoms with Gasteiger partial charge in [0.2, 0.25) is 0 Å². The number of aliphatic hydroxyl groups excluding tert-OH is 1. The molecule has 0 rings (SSSR count). The first-order valence-electron chi connectivity index (χ1n) is 2.77. The zero-order chi connectivity index (χ0) is 8.78. The molecule has 0 saturated heterocycles. The minimum atomic E-state index is -5.61. The SMILES string of the molecule is CCC(C)O.[Na+].[Na+].[Na+].[Na+].[O-][Si]([O-])([O-])[O-]. The molecular formula is C4H10Na4O5Si. The van der Waals surface area contributed by atoms with Gasteiger partial charge < -0.3 is 33.3 Å². The first-order valence-corrected chi connectivity index (χ1v) is 4.40. The predicted molar refractivity (Wildman–Crippen MR) is 27.7 cm³/mol. The van der Waals surface area contributed by atoms with Crippen LogP contribution in [-0.4, -0.2) is 20.3 Å². The molecular weight excluding hydrogens is 248 g/mol. The zero-order valence-electron chi connectivity index (χ0n) is 9.86. The van der Waals surface area contributed by atoms with Gasteiger partial charge in [0.15, 0.2) is 0 Å². The van der Waals surface area contributed by atoms with Crippen LogP contribution in [0.4, 0.5) is 0 Å². The van der Waals surface area contributed by atoms with E-state index in [0.717, 1.165) is 6.42 Å². The number of rotatable bonds is 1. The van der Waals surface area contributed by atoms with E-state index in [9.17, 15) is 0 Å². The largest absolute Gasteiger partial charge is 1.00 e. The van der Waals surface area contributed by atoms with Crippen LogP contribution in [0.25, 0.3) is 0 Å². The van der Waals surface area contributed by atoms with Gasteiger partial charge in [0.1, 0.15) is 0 Å². The van der Waals surface area contributed by atoms with Crippen molar-refractivity contribution in [2.45, 2.75) is 26.4 Å². The molecule has 1 unspecified atom stereocenters. The first-order chi connectivity index (χ1) is 4.27. The van der Waals surface area contributed by atoms with E-state index >= 15 is 0 Å². The van der Waals surface area contributed by atoms with Crippen LogP contribution in [-0.2, 0) is 0 Å². The smallest absolute Gasteiger partial charge is 0.894 e. The Morgan fingerprint density at radius 1 is 1.00 bits per heavy atom. The summed E-state index contributed by atoms with van der Waals surface area (Å²) in [5, 5.41) is 8.36. The summed E-state index contributed by atoms with van der Waals surface area (Å²) in [7, 11) is -5.61. The average molecular weight is 258 g/mol. The van der Waals surface area contributed by atoms with E-state index in [0.29, 0.717) is 0 Å². The van der Waals surface area contributed by atoms with E-state index in [1.165, 1.54) is 0 Å². The van der Waals surface area contributed by atoms with Crippen molar-refractivity contribution in [1.29, 1.82) is 0 Å². The summed E-state index contributed by atoms with van der Waals surface area (Å²) in [6.45, 7) is 3.73. The van der Waals surface area contributed by atoms with Crippen molar-refractivity contribution in [3.05, 3.63) is 0 Å². The molecule has 0 aliphatic heterocycles. The van der Waals surface area contributed by atoms with Gasteiger partial charge in [-0.15, -0.1) is 0 Å². The Morgan fingerprint density at radius 2 is 1.07 bits per heavy atom. The van der Waals surface area contributed by atoms with Crippen LogP contribution in [0, 0.1) is 0 Å². The van der Waals surface area contributed by atoms with Crippen LogP contribution in [0.2, 0.25) is 0 Å². The fraction of sp³-hybridized carbons (Fsp3) is 1.00. The second-order valence-corrected chi connectivity index (χ2v) is 2.76. The van der Waals surface area contributed by atoms with E-state index in [2.05, 4.69) is 0 Å². The van der Waals surface area contributed by atoms with Crippen LogP contribution >= 0.6 is 0 Å². The quantitative estimate of drug-likeness (QED) is 0.469. The Kier molecular flexibility index (Phi) is 57.3. The second kappa shape index (κ2) is 22.2. The molecule has 5 nitrogen and oxygen atoms in total. The van der Waals surface area contributed by atoms with Crippen molar-refractivity contribution in [3.8, 4) is 0 Å². The van der Waals surface area contributed by atoms with Gasteiger partial charge in [0.25, 0.3) is 0 Å². The van der Waals surface area contributed by atoms with Crippen LogP contribution in [0.3, 0.4) is 0 Å². The Balaban J connectivity index is -0.0000000178. The Bertz CT molecular complexity index is 74.6. The summed E-state index contributed by atoms with van der Waals surface area (Å²) in [5.74, 6) is 0. The maximum absolute atomic E-state index is 8.58. The summed E-state index contributed by atoms with van der Waals surface area (Å²) in [6.07, 6.45) is 0.745. The Morgan fingerprint density at radius 3 is 1.07 bits per heavy atom. The molecule has 0 spiro atoms. The fourth-order valence-electron chi connectivity index (χ4n) is 0. The maximum atomic E-state index is 8.58. The molecule has 1 atom stereocenters. The van der Waals surface area contributed by atoms with Crippen LogP contribution in [0.5, 0.6) is 0 Å². The maximum Gasteiger partial charge on any atom is 1.00 e. The third-order valence-electron chi connectivity index (χ3n) is 0.591. The second-order valence-electron chi connectivity index (χ2n) is 1.76. The van der Waals surface area contributed by atoms with Crippen LogP contribution < -0.4 is 137 Å². The summed E-state index contributed by atoms with van der Waals surface area (Å²) in [5.41, 5.74) is 0. The minimum Gasteiger partial charge on any atom is -0.894 e. The molecule has 0 aromatic carbocycles. The molecule has 0 fully saturated rings. The van der Waals surface area contributed by atoms with Gasteiger partial charge in [0, 0.05) is 0 Å². The van der Waals surface area contributed by atoms with Crippen molar-refractivity contribution in [3.63, 3.8) is 0 Å². The number of hydrogen-bond acceptors (Lipinski definition) is 5. The van der Waals surface area contributed by atoms with Gasteiger partial charge in [0.05, 0.1) is 6.10 Å². The third-order valence-corrected chi connectivity index (χ3v) is 0.591. The third kappa shape index (κ3) is 99.8. The van der Waals surface area contributed by atoms with Gasteiger partial charge in [-0.25, -0.2) is 0 Å². The summed E-state index contributed by atoms with van der Waals surface area (Å²) < 4.78 is 0. The fourth-order valence-corrected chi connectivity index (χ4v) is 0. The van der Waals surface area contributed by atoms with Crippen molar-refractivity contribution in [1.82, 2.24) is 0 Å². The molecule has 64 valence electrons. The molecule has 1 N–H and O–H groups in total. The Labute approximate surface area is 174 Å². The Hall–Kier alpha value is 4.02. The van der Waals surface area contributed by atoms with Gasteiger partial charge in [-0.05, 0) is 13.3 Å². The van der Waals surface area contributed by atoms with Crippen molar-refractivity contribution in [2.75, 3.05) is 0 Å². The molecule has 14 heavy (non-hydrogen) atoms. The zero-order valence-corrected chi connectivity index (χ0v) is 18.9. The standard InChI is InChI=1S/C4H10O.4Na.O4Si/c1-3-4(2)5;;;;;1-5(2,3)4/h4-5H,3H2,1-2H3;;;;;/q;4*+1;-4. The van der Waals surface area contributed by atoms with Crippen molar-refractivity contribution in [2.24, 2.45) is 0 Å². The van der Waals surface area contributed by atoms with E-state index in [4.69, 9.17) is 24.3 Å². The molecule has 0 aliphatic rings. The van der Waals surface area contributed by atoms with Crippen molar-refractivity contribution >= 4 is 9.05 Å². The predicted octanol–water partition coefficient (Wildman–Crippen LogP) is -16.3. The molecule has 0 aromatic heterocycles. The van der Waals surface area contributed by atoms with E-state index in [1.807, 2.05) is 6.92 Å². The summed E-state index contributed by atoms with van der Waals surface area (Å²) in [6, 6.07) is 0.